The molecule has 3 fully saturated rings. The lowest BCUT2D eigenvalue weighted by Crippen LogP contribution is -2.58. The van der Waals surface area contributed by atoms with Gasteiger partial charge in [0.05, 0.1) is 13.2 Å². The molecule has 0 aromatic rings. The lowest BCUT2D eigenvalue weighted by molar-refractivity contribution is -0.269. The van der Waals surface area contributed by atoms with E-state index in [9.17, 15) is 9.59 Å². The van der Waals surface area contributed by atoms with E-state index in [0.29, 0.717) is 32.5 Å². The van der Waals surface area contributed by atoms with E-state index in [4.69, 9.17) is 9.47 Å². The quantitative estimate of drug-likeness (QED) is 0.690. The molecule has 1 saturated heterocycles. The molecule has 0 aromatic heterocycles. The van der Waals surface area contributed by atoms with E-state index >= 15 is 0 Å². The number of ketones is 2. The third kappa shape index (κ3) is 1.71. The summed E-state index contributed by atoms with van der Waals surface area (Å²) in [5.41, 5.74) is 0.582. The van der Waals surface area contributed by atoms with E-state index in [-0.39, 0.29) is 28.3 Å². The summed E-state index contributed by atoms with van der Waals surface area (Å²) in [7, 11) is 0. The average Bonchev–Trinajstić information content (AvgIpc) is 2.98. The summed E-state index contributed by atoms with van der Waals surface area (Å²) in [6.07, 6.45) is 7.85. The van der Waals surface area contributed by atoms with Crippen molar-refractivity contribution < 1.29 is 19.1 Å². The van der Waals surface area contributed by atoms with Gasteiger partial charge in [-0.15, -0.1) is 0 Å². The molecule has 0 aromatic carbocycles. The number of carbonyl (C=O) groups is 2. The maximum Gasteiger partial charge on any atom is 0.178 e. The zero-order valence-corrected chi connectivity index (χ0v) is 13.2. The predicted molar refractivity (Wildman–Crippen MR) is 80.0 cm³/mol. The Morgan fingerprint density at radius 1 is 1.18 bits per heavy atom. The first-order valence-electron chi connectivity index (χ1n) is 8.11. The maximum absolute atomic E-state index is 12.3. The van der Waals surface area contributed by atoms with Gasteiger partial charge in [0.15, 0.2) is 11.6 Å². The maximum atomic E-state index is 12.3. The number of Topliss-reactive ketones (excluding diaryl/α,β-unsaturated/α-hetero) is 1. The van der Waals surface area contributed by atoms with E-state index < -0.39 is 5.79 Å². The number of ether oxygens (including phenoxy) is 2. The van der Waals surface area contributed by atoms with E-state index in [1.54, 1.807) is 12.2 Å². The first kappa shape index (κ1) is 14.3. The van der Waals surface area contributed by atoms with E-state index in [0.717, 1.165) is 12.0 Å². The van der Waals surface area contributed by atoms with Crippen LogP contribution in [0, 0.1) is 16.7 Å². The Hall–Kier alpha value is -1.26. The van der Waals surface area contributed by atoms with Crippen LogP contribution >= 0.6 is 0 Å². The highest BCUT2D eigenvalue weighted by molar-refractivity contribution is 6.00. The van der Waals surface area contributed by atoms with Gasteiger partial charge in [0.2, 0.25) is 0 Å². The van der Waals surface area contributed by atoms with Crippen LogP contribution in [0.3, 0.4) is 0 Å². The van der Waals surface area contributed by atoms with Crippen LogP contribution in [0.1, 0.15) is 39.5 Å². The van der Waals surface area contributed by atoms with Crippen LogP contribution in [0.5, 0.6) is 0 Å². The minimum Gasteiger partial charge on any atom is -0.347 e. The number of rotatable bonds is 0. The molecule has 1 heterocycles. The molecule has 0 N–H and O–H groups in total. The van der Waals surface area contributed by atoms with Crippen LogP contribution in [0.4, 0.5) is 0 Å². The van der Waals surface area contributed by atoms with Gasteiger partial charge in [0, 0.05) is 24.7 Å². The largest absolute Gasteiger partial charge is 0.347 e. The van der Waals surface area contributed by atoms with Crippen LogP contribution < -0.4 is 0 Å². The summed E-state index contributed by atoms with van der Waals surface area (Å²) in [4.78, 5) is 24.3. The van der Waals surface area contributed by atoms with Crippen molar-refractivity contribution in [3.8, 4) is 0 Å². The second-order valence-electron chi connectivity index (χ2n) is 7.69. The van der Waals surface area contributed by atoms with Gasteiger partial charge in [0.1, 0.15) is 5.78 Å². The van der Waals surface area contributed by atoms with Gasteiger partial charge in [0.25, 0.3) is 0 Å². The highest BCUT2D eigenvalue weighted by Crippen LogP contribution is 2.66. The van der Waals surface area contributed by atoms with Crippen LogP contribution in [-0.2, 0) is 19.1 Å². The van der Waals surface area contributed by atoms with Crippen molar-refractivity contribution in [1.82, 2.24) is 0 Å². The van der Waals surface area contributed by atoms with Gasteiger partial charge in [-0.3, -0.25) is 9.59 Å². The molecule has 4 heteroatoms. The molecule has 1 spiro atoms. The number of fused-ring (bicyclic) bond motifs is 4. The van der Waals surface area contributed by atoms with E-state index in [1.165, 1.54) is 0 Å². The number of hydrogen-bond donors (Lipinski definition) is 0. The van der Waals surface area contributed by atoms with Gasteiger partial charge in [-0.2, -0.15) is 0 Å². The molecule has 0 amide bonds. The minimum absolute atomic E-state index is 0.0321. The molecule has 22 heavy (non-hydrogen) atoms. The third-order valence-corrected chi connectivity index (χ3v) is 6.23. The van der Waals surface area contributed by atoms with E-state index in [1.807, 2.05) is 6.08 Å². The molecule has 4 rings (SSSR count). The first-order valence-corrected chi connectivity index (χ1v) is 8.11. The molecule has 3 aliphatic carbocycles. The van der Waals surface area contributed by atoms with Crippen LogP contribution in [0.25, 0.3) is 0 Å². The van der Waals surface area contributed by atoms with Crippen LogP contribution in [0.2, 0.25) is 0 Å². The zero-order valence-electron chi connectivity index (χ0n) is 13.2. The fourth-order valence-electron chi connectivity index (χ4n) is 5.14. The van der Waals surface area contributed by atoms with E-state index in [2.05, 4.69) is 13.8 Å². The Labute approximate surface area is 130 Å². The summed E-state index contributed by atoms with van der Waals surface area (Å²) >= 11 is 0. The summed E-state index contributed by atoms with van der Waals surface area (Å²) in [5, 5.41) is 0. The molecule has 4 nitrogen and oxygen atoms in total. The molecule has 0 unspecified atom stereocenters. The van der Waals surface area contributed by atoms with Crippen molar-refractivity contribution in [2.75, 3.05) is 13.2 Å². The highest BCUT2D eigenvalue weighted by atomic mass is 16.7. The fourth-order valence-corrected chi connectivity index (χ4v) is 5.14. The van der Waals surface area contributed by atoms with Crippen molar-refractivity contribution in [2.24, 2.45) is 16.7 Å². The standard InChI is InChI=1S/C18H22O4/c1-16-5-3-4-12(19)8-14(16)15-9-13(20)10-17(15,2)18(11-16)21-6-7-22-18/h3-4,8,15H,5-7,9-11H2,1-2H3/t15-,16-,17-/m1/s1. The van der Waals surface area contributed by atoms with Crippen molar-refractivity contribution >= 4 is 11.6 Å². The number of carbonyl (C=O) groups excluding carboxylic acids is 2. The van der Waals surface area contributed by atoms with Crippen LogP contribution in [-0.4, -0.2) is 30.6 Å². The Morgan fingerprint density at radius 3 is 2.64 bits per heavy atom. The predicted octanol–water partition coefficient (Wildman–Crippen LogP) is 2.58. The summed E-state index contributed by atoms with van der Waals surface area (Å²) < 4.78 is 12.2. The lowest BCUT2D eigenvalue weighted by Gasteiger charge is -2.56. The summed E-state index contributed by atoms with van der Waals surface area (Å²) in [6, 6.07) is 0. The van der Waals surface area contributed by atoms with Crippen molar-refractivity contribution in [1.29, 1.82) is 0 Å². The van der Waals surface area contributed by atoms with Crippen molar-refractivity contribution in [3.63, 3.8) is 0 Å². The summed E-state index contributed by atoms with van der Waals surface area (Å²) in [5.74, 6) is -0.358. The zero-order chi connectivity index (χ0) is 15.6. The third-order valence-electron chi connectivity index (χ3n) is 6.23. The smallest absolute Gasteiger partial charge is 0.178 e. The summed E-state index contributed by atoms with van der Waals surface area (Å²) in [6.45, 7) is 5.45. The topological polar surface area (TPSA) is 52.6 Å². The highest BCUT2D eigenvalue weighted by Gasteiger charge is 2.67. The molecule has 4 aliphatic rings. The van der Waals surface area contributed by atoms with Gasteiger partial charge in [-0.1, -0.05) is 25.5 Å². The van der Waals surface area contributed by atoms with Gasteiger partial charge in [-0.25, -0.2) is 0 Å². The van der Waals surface area contributed by atoms with Gasteiger partial charge in [-0.05, 0) is 29.9 Å². The molecule has 2 saturated carbocycles. The average molecular weight is 302 g/mol. The lowest BCUT2D eigenvalue weighted by atomic mass is 9.53. The molecule has 1 aliphatic heterocycles. The Bertz CT molecular complexity index is 611. The van der Waals surface area contributed by atoms with Gasteiger partial charge < -0.3 is 9.47 Å². The second-order valence-corrected chi connectivity index (χ2v) is 7.69. The normalized spacial score (nSPS) is 43.0. The Balaban J connectivity index is 1.89. The molecular weight excluding hydrogens is 280 g/mol. The molecule has 0 bridgehead atoms. The molecule has 0 radical (unpaired) electrons. The fraction of sp³-hybridized carbons (Fsp3) is 0.667. The number of allylic oxidation sites excluding steroid dienone is 4. The van der Waals surface area contributed by atoms with Gasteiger partial charge >= 0.3 is 0 Å². The molecule has 3 atom stereocenters. The number of hydrogen-bond acceptors (Lipinski definition) is 4. The second kappa shape index (κ2) is 4.39. The molecule has 118 valence electrons. The first-order chi connectivity index (χ1) is 10.4. The monoisotopic (exact) mass is 302 g/mol. The molecular formula is C18H22O4. The Kier molecular flexibility index (Phi) is 2.86. The van der Waals surface area contributed by atoms with Crippen LogP contribution in [0.15, 0.2) is 23.8 Å². The van der Waals surface area contributed by atoms with Crippen molar-refractivity contribution in [2.45, 2.75) is 45.3 Å². The SMILES string of the molecule is C[C@]12CC=CC(=O)C=C1[C@H]1CC(=O)C[C@@]1(C)C1(C2)OCCO1. The van der Waals surface area contributed by atoms with Crippen molar-refractivity contribution in [3.05, 3.63) is 23.8 Å². The Morgan fingerprint density at radius 2 is 1.91 bits per heavy atom. The minimum atomic E-state index is -0.683.